The molecule has 13 heteroatoms. The number of benzene rings is 4. The van der Waals surface area contributed by atoms with E-state index in [1.165, 1.54) is 4.90 Å². The lowest BCUT2D eigenvalue weighted by Gasteiger charge is -2.26. The highest BCUT2D eigenvalue weighted by Crippen LogP contribution is 2.27. The fraction of sp³-hybridized carbons (Fsp3) is 0.267. The van der Waals surface area contributed by atoms with Gasteiger partial charge in [0, 0.05) is 67.6 Å². The number of nitrogens with zero attached hydrogens (tertiary/aromatic N) is 2. The van der Waals surface area contributed by atoms with E-state index in [0.717, 1.165) is 33.5 Å². The van der Waals surface area contributed by atoms with Crippen molar-refractivity contribution in [1.29, 1.82) is 0 Å². The lowest BCUT2D eigenvalue weighted by molar-refractivity contribution is -0.173. The first-order valence-electron chi connectivity index (χ1n) is 18.3. The predicted octanol–water partition coefficient (Wildman–Crippen LogP) is 5.99. The van der Waals surface area contributed by atoms with E-state index in [1.807, 2.05) is 79.7 Å². The molecule has 300 valence electrons. The first-order valence-corrected chi connectivity index (χ1v) is 18.3. The summed E-state index contributed by atoms with van der Waals surface area (Å²) in [4.78, 5) is 63.3. The second-order valence-electron chi connectivity index (χ2n) is 12.9. The fourth-order valence-electron chi connectivity index (χ4n) is 5.98. The highest BCUT2D eigenvalue weighted by atomic mass is 19.4. The van der Waals surface area contributed by atoms with Crippen molar-refractivity contribution in [3.8, 4) is 23.7 Å². The van der Waals surface area contributed by atoms with Crippen molar-refractivity contribution in [1.82, 2.24) is 16.0 Å². The summed E-state index contributed by atoms with van der Waals surface area (Å²) in [5, 5.41) is 7.11. The number of nitrogens with one attached hydrogen (secondary N) is 3. The molecular formula is C45H44F3N5O5. The maximum Gasteiger partial charge on any atom is 0.471 e. The molecule has 6 rings (SSSR count). The van der Waals surface area contributed by atoms with E-state index in [4.69, 9.17) is 0 Å². The highest BCUT2D eigenvalue weighted by molar-refractivity contribution is 5.96. The molecule has 2 heterocycles. The number of carbonyl (C=O) groups is 5. The van der Waals surface area contributed by atoms with E-state index >= 15 is 0 Å². The van der Waals surface area contributed by atoms with Gasteiger partial charge in [-0.05, 0) is 54.4 Å². The number of alkyl halides is 3. The zero-order valence-corrected chi connectivity index (χ0v) is 31.2. The van der Waals surface area contributed by atoms with Crippen LogP contribution in [0.1, 0.15) is 73.4 Å². The Morgan fingerprint density at radius 2 is 0.931 bits per heavy atom. The summed E-state index contributed by atoms with van der Waals surface area (Å²) in [6.45, 7) is 2.86. The SMILES string of the molecule is C.CCNC(=O)CCC(=O)NCCC(=O)N1Cc2ccccc2C#Cc2ccccc21.O=C(CCNC(=O)C(F)(F)F)N1Cc2ccccc2C#Cc2ccccc21. The van der Waals surface area contributed by atoms with Crippen LogP contribution >= 0.6 is 0 Å². The van der Waals surface area contributed by atoms with Gasteiger partial charge in [0.1, 0.15) is 0 Å². The van der Waals surface area contributed by atoms with Crippen LogP contribution in [0.25, 0.3) is 0 Å². The largest absolute Gasteiger partial charge is 0.471 e. The second kappa shape index (κ2) is 20.9. The van der Waals surface area contributed by atoms with Crippen molar-refractivity contribution in [3.05, 3.63) is 130 Å². The molecular weight excluding hydrogens is 748 g/mol. The van der Waals surface area contributed by atoms with Crippen molar-refractivity contribution >= 4 is 40.9 Å². The summed E-state index contributed by atoms with van der Waals surface area (Å²) in [7, 11) is 0. The molecule has 3 N–H and O–H groups in total. The number of fused-ring (bicyclic) bond motifs is 4. The third-order valence-electron chi connectivity index (χ3n) is 8.84. The number of amides is 5. The lowest BCUT2D eigenvalue weighted by Crippen LogP contribution is -2.40. The van der Waals surface area contributed by atoms with E-state index in [-0.39, 0.29) is 63.9 Å². The first-order chi connectivity index (χ1) is 27.4. The van der Waals surface area contributed by atoms with Gasteiger partial charge in [-0.1, -0.05) is 91.8 Å². The molecule has 0 unspecified atom stereocenters. The van der Waals surface area contributed by atoms with Gasteiger partial charge < -0.3 is 25.8 Å². The maximum absolute atomic E-state index is 13.0. The maximum atomic E-state index is 13.0. The number of hydrogen-bond acceptors (Lipinski definition) is 5. The minimum atomic E-state index is -4.97. The number of anilines is 2. The molecule has 0 radical (unpaired) electrons. The van der Waals surface area contributed by atoms with E-state index in [1.54, 1.807) is 34.5 Å². The average molecular weight is 792 g/mol. The Labute approximate surface area is 336 Å². The van der Waals surface area contributed by atoms with E-state index in [9.17, 15) is 37.1 Å². The van der Waals surface area contributed by atoms with Crippen molar-refractivity contribution in [3.63, 3.8) is 0 Å². The molecule has 0 fully saturated rings. The molecule has 0 saturated carbocycles. The quantitative estimate of drug-likeness (QED) is 0.170. The van der Waals surface area contributed by atoms with Crippen LogP contribution in [0.15, 0.2) is 97.1 Å². The number of halogens is 3. The van der Waals surface area contributed by atoms with Gasteiger partial charge in [0.05, 0.1) is 24.5 Å². The van der Waals surface area contributed by atoms with E-state index in [2.05, 4.69) is 34.3 Å². The topological polar surface area (TPSA) is 128 Å². The molecule has 0 saturated heterocycles. The number of carbonyl (C=O) groups excluding carboxylic acids is 5. The van der Waals surface area contributed by atoms with E-state index in [0.29, 0.717) is 24.3 Å². The molecule has 10 nitrogen and oxygen atoms in total. The standard InChI is InChI=1S/C24H25N3O3.C20H15F3N2O2.CH4/c1-2-25-22(28)13-14-23(29)26-16-15-24(30)27-17-20-9-4-3-7-18(20)11-12-19-8-5-6-10-21(19)27;21-20(22,23)19(27)24-12-11-18(26)25-13-16-7-2-1-5-14(16)9-10-15-6-3-4-8-17(15)25;/h3-10H,2,13-17H2,1H3,(H,25,28)(H,26,29);1-8H,11-13H2,(H,24,27);1H4. The van der Waals surface area contributed by atoms with Crippen molar-refractivity contribution in [2.24, 2.45) is 0 Å². The second-order valence-corrected chi connectivity index (χ2v) is 12.9. The van der Waals surface area contributed by atoms with Gasteiger partial charge in [-0.2, -0.15) is 13.2 Å². The van der Waals surface area contributed by atoms with Gasteiger partial charge in [0.25, 0.3) is 0 Å². The van der Waals surface area contributed by atoms with Crippen LogP contribution in [0.4, 0.5) is 24.5 Å². The Morgan fingerprint density at radius 3 is 1.38 bits per heavy atom. The molecule has 0 aromatic heterocycles. The lowest BCUT2D eigenvalue weighted by atomic mass is 10.0. The van der Waals surface area contributed by atoms with Crippen LogP contribution in [0.5, 0.6) is 0 Å². The summed E-state index contributed by atoms with van der Waals surface area (Å²) in [5.74, 6) is 9.55. The Hall–Kier alpha value is -6.86. The summed E-state index contributed by atoms with van der Waals surface area (Å²) in [5.41, 5.74) is 6.33. The van der Waals surface area contributed by atoms with Crippen LogP contribution in [-0.2, 0) is 37.1 Å². The minimum absolute atomic E-state index is 0. The summed E-state index contributed by atoms with van der Waals surface area (Å²) < 4.78 is 36.8. The Balaban J connectivity index is 0.000000254. The van der Waals surface area contributed by atoms with Gasteiger partial charge >= 0.3 is 12.1 Å². The van der Waals surface area contributed by atoms with Crippen LogP contribution < -0.4 is 25.8 Å². The molecule has 0 atom stereocenters. The number of rotatable bonds is 10. The molecule has 2 aliphatic rings. The predicted molar refractivity (Wildman–Crippen MR) is 216 cm³/mol. The zero-order chi connectivity index (χ0) is 40.8. The summed E-state index contributed by atoms with van der Waals surface area (Å²) in [6.07, 6.45) is -4.81. The Bertz CT molecular complexity index is 2270. The van der Waals surface area contributed by atoms with Crippen molar-refractivity contribution in [2.45, 2.75) is 59.3 Å². The Morgan fingerprint density at radius 1 is 0.552 bits per heavy atom. The Kier molecular flexibility index (Phi) is 15.8. The van der Waals surface area contributed by atoms with E-state index < -0.39 is 24.5 Å². The summed E-state index contributed by atoms with van der Waals surface area (Å²) in [6, 6.07) is 29.8. The number of hydrogen-bond donors (Lipinski definition) is 3. The third-order valence-corrected chi connectivity index (χ3v) is 8.84. The molecule has 4 aromatic carbocycles. The van der Waals surface area contributed by atoms with Crippen LogP contribution in [0, 0.1) is 23.7 Å². The molecule has 4 aromatic rings. The fourth-order valence-corrected chi connectivity index (χ4v) is 5.98. The van der Waals surface area contributed by atoms with Crippen molar-refractivity contribution < 1.29 is 37.1 Å². The molecule has 0 aliphatic carbocycles. The van der Waals surface area contributed by atoms with Crippen LogP contribution in [0.3, 0.4) is 0 Å². The molecule has 0 bridgehead atoms. The molecule has 5 amide bonds. The summed E-state index contributed by atoms with van der Waals surface area (Å²) >= 11 is 0. The number of para-hydroxylation sites is 2. The van der Waals surface area contributed by atoms with Crippen LogP contribution in [0.2, 0.25) is 0 Å². The third kappa shape index (κ3) is 12.1. The van der Waals surface area contributed by atoms with Gasteiger partial charge in [0.15, 0.2) is 0 Å². The monoisotopic (exact) mass is 791 g/mol. The molecule has 0 spiro atoms. The van der Waals surface area contributed by atoms with Gasteiger partial charge in [-0.25, -0.2) is 0 Å². The van der Waals surface area contributed by atoms with Crippen molar-refractivity contribution in [2.75, 3.05) is 29.4 Å². The van der Waals surface area contributed by atoms with Gasteiger partial charge in [-0.15, -0.1) is 0 Å². The first kappa shape index (κ1) is 43.9. The zero-order valence-electron chi connectivity index (χ0n) is 31.2. The average Bonchev–Trinajstić information content (AvgIpc) is 3.18. The molecule has 58 heavy (non-hydrogen) atoms. The van der Waals surface area contributed by atoms with Gasteiger partial charge in [0.2, 0.25) is 23.6 Å². The highest BCUT2D eigenvalue weighted by Gasteiger charge is 2.38. The molecule has 2 aliphatic heterocycles. The minimum Gasteiger partial charge on any atom is -0.356 e. The smallest absolute Gasteiger partial charge is 0.356 e. The normalized spacial score (nSPS) is 11.9. The van der Waals surface area contributed by atoms with Crippen LogP contribution in [-0.4, -0.2) is 55.3 Å². The van der Waals surface area contributed by atoms with Gasteiger partial charge in [-0.3, -0.25) is 24.0 Å².